The van der Waals surface area contributed by atoms with Crippen LogP contribution in [0.2, 0.25) is 0 Å². The van der Waals surface area contributed by atoms with Crippen molar-refractivity contribution in [2.45, 2.75) is 20.3 Å². The van der Waals surface area contributed by atoms with E-state index >= 15 is 0 Å². The zero-order chi connectivity index (χ0) is 13.5. The van der Waals surface area contributed by atoms with Crippen LogP contribution in [0.15, 0.2) is 42.6 Å². The van der Waals surface area contributed by atoms with Gasteiger partial charge in [0.25, 0.3) is 0 Å². The third-order valence-electron chi connectivity index (χ3n) is 2.82. The first-order valence-corrected chi connectivity index (χ1v) is 6.74. The van der Waals surface area contributed by atoms with E-state index in [0.717, 1.165) is 37.0 Å². The Kier molecular flexibility index (Phi) is 4.72. The van der Waals surface area contributed by atoms with Gasteiger partial charge in [-0.15, -0.1) is 0 Å². The first-order chi connectivity index (χ1) is 9.35. The summed E-state index contributed by atoms with van der Waals surface area (Å²) in [5.74, 6) is 1.61. The molecule has 0 spiro atoms. The Morgan fingerprint density at radius 2 is 1.89 bits per heavy atom. The van der Waals surface area contributed by atoms with Crippen molar-refractivity contribution in [3.63, 3.8) is 0 Å². The first kappa shape index (κ1) is 13.3. The van der Waals surface area contributed by atoms with E-state index in [0.29, 0.717) is 0 Å². The van der Waals surface area contributed by atoms with E-state index in [-0.39, 0.29) is 0 Å². The van der Waals surface area contributed by atoms with Gasteiger partial charge < -0.3 is 10.2 Å². The van der Waals surface area contributed by atoms with Crippen molar-refractivity contribution in [1.82, 2.24) is 9.97 Å². The highest BCUT2D eigenvalue weighted by Gasteiger charge is 2.09. The van der Waals surface area contributed by atoms with Gasteiger partial charge in [0.1, 0.15) is 5.82 Å². The molecule has 0 atom stereocenters. The second kappa shape index (κ2) is 6.73. The molecule has 2 rings (SSSR count). The van der Waals surface area contributed by atoms with E-state index in [9.17, 15) is 0 Å². The summed E-state index contributed by atoms with van der Waals surface area (Å²) in [5, 5.41) is 3.29. The van der Waals surface area contributed by atoms with E-state index in [4.69, 9.17) is 0 Å². The molecule has 0 aliphatic carbocycles. The maximum atomic E-state index is 4.56. The predicted molar refractivity (Wildman–Crippen MR) is 79.9 cm³/mol. The van der Waals surface area contributed by atoms with E-state index in [1.807, 2.05) is 24.3 Å². The van der Waals surface area contributed by atoms with Gasteiger partial charge in [0.05, 0.1) is 0 Å². The minimum absolute atomic E-state index is 0.731. The largest absolute Gasteiger partial charge is 0.370 e. The molecule has 0 saturated heterocycles. The number of nitrogens with zero attached hydrogens (tertiary/aromatic N) is 3. The molecule has 0 aliphatic rings. The second-order valence-corrected chi connectivity index (χ2v) is 4.25. The highest BCUT2D eigenvalue weighted by molar-refractivity contribution is 5.58. The average Bonchev–Trinajstić information content (AvgIpc) is 2.47. The van der Waals surface area contributed by atoms with Crippen molar-refractivity contribution in [1.29, 1.82) is 0 Å². The van der Waals surface area contributed by atoms with Crippen molar-refractivity contribution in [2.75, 3.05) is 23.3 Å². The molecule has 1 aromatic heterocycles. The number of aromatic nitrogens is 2. The molecule has 0 unspecified atom stereocenters. The lowest BCUT2D eigenvalue weighted by atomic mass is 10.3. The van der Waals surface area contributed by atoms with Crippen LogP contribution in [0.25, 0.3) is 0 Å². The molecule has 0 fully saturated rings. The maximum Gasteiger partial charge on any atom is 0.231 e. The highest BCUT2D eigenvalue weighted by atomic mass is 15.3. The van der Waals surface area contributed by atoms with Crippen molar-refractivity contribution in [2.24, 2.45) is 0 Å². The number of rotatable bonds is 6. The third-order valence-corrected chi connectivity index (χ3v) is 2.82. The number of benzene rings is 1. The Morgan fingerprint density at radius 3 is 2.58 bits per heavy atom. The van der Waals surface area contributed by atoms with E-state index in [1.165, 1.54) is 0 Å². The number of para-hydroxylation sites is 1. The van der Waals surface area contributed by atoms with Crippen LogP contribution >= 0.6 is 0 Å². The van der Waals surface area contributed by atoms with Crippen molar-refractivity contribution < 1.29 is 0 Å². The Labute approximate surface area is 114 Å². The van der Waals surface area contributed by atoms with Crippen molar-refractivity contribution >= 4 is 17.5 Å². The van der Waals surface area contributed by atoms with Gasteiger partial charge in [-0.2, -0.15) is 4.98 Å². The maximum absolute atomic E-state index is 4.56. The molecule has 0 saturated carbocycles. The Bertz CT molecular complexity index is 499. The topological polar surface area (TPSA) is 41.1 Å². The quantitative estimate of drug-likeness (QED) is 0.859. The van der Waals surface area contributed by atoms with Gasteiger partial charge in [-0.25, -0.2) is 4.98 Å². The number of hydrogen-bond donors (Lipinski definition) is 1. The minimum Gasteiger partial charge on any atom is -0.370 e. The number of nitrogens with one attached hydrogen (secondary N) is 1. The lowest BCUT2D eigenvalue weighted by Crippen LogP contribution is -2.19. The summed E-state index contributed by atoms with van der Waals surface area (Å²) in [6.45, 7) is 6.00. The monoisotopic (exact) mass is 256 g/mol. The molecule has 0 amide bonds. The van der Waals surface area contributed by atoms with Gasteiger partial charge >= 0.3 is 0 Å². The van der Waals surface area contributed by atoms with Crippen LogP contribution < -0.4 is 10.2 Å². The standard InChI is InChI=1S/C15H20N4/c1-3-11-16-14-10-12-17-15(18-14)19(4-2)13-8-6-5-7-9-13/h5-10,12H,3-4,11H2,1-2H3,(H,16,17,18). The summed E-state index contributed by atoms with van der Waals surface area (Å²) in [5.41, 5.74) is 1.11. The Morgan fingerprint density at radius 1 is 1.11 bits per heavy atom. The summed E-state index contributed by atoms with van der Waals surface area (Å²) in [7, 11) is 0. The highest BCUT2D eigenvalue weighted by Crippen LogP contribution is 2.21. The normalized spacial score (nSPS) is 10.2. The van der Waals surface area contributed by atoms with Gasteiger partial charge in [0.2, 0.25) is 5.95 Å². The van der Waals surface area contributed by atoms with Crippen LogP contribution in [0.1, 0.15) is 20.3 Å². The molecule has 1 heterocycles. The molecule has 4 nitrogen and oxygen atoms in total. The molecule has 1 N–H and O–H groups in total. The van der Waals surface area contributed by atoms with E-state index in [1.54, 1.807) is 6.20 Å². The molecular weight excluding hydrogens is 236 g/mol. The first-order valence-electron chi connectivity index (χ1n) is 6.74. The fourth-order valence-corrected chi connectivity index (χ4v) is 1.88. The molecule has 1 aromatic carbocycles. The molecular formula is C15H20N4. The third kappa shape index (κ3) is 3.44. The molecule has 0 bridgehead atoms. The van der Waals surface area contributed by atoms with E-state index in [2.05, 4.69) is 46.2 Å². The number of hydrogen-bond acceptors (Lipinski definition) is 4. The lowest BCUT2D eigenvalue weighted by Gasteiger charge is -2.21. The lowest BCUT2D eigenvalue weighted by molar-refractivity contribution is 0.929. The fraction of sp³-hybridized carbons (Fsp3) is 0.333. The van der Waals surface area contributed by atoms with Crippen LogP contribution in [-0.2, 0) is 0 Å². The molecule has 19 heavy (non-hydrogen) atoms. The smallest absolute Gasteiger partial charge is 0.231 e. The molecule has 0 radical (unpaired) electrons. The van der Waals surface area contributed by atoms with Gasteiger partial charge in [-0.3, -0.25) is 0 Å². The second-order valence-electron chi connectivity index (χ2n) is 4.25. The summed E-state index contributed by atoms with van der Waals surface area (Å²) in [6.07, 6.45) is 2.88. The van der Waals surface area contributed by atoms with Crippen LogP contribution in [0.3, 0.4) is 0 Å². The summed E-state index contributed by atoms with van der Waals surface area (Å²) in [4.78, 5) is 11.0. The van der Waals surface area contributed by atoms with Gasteiger partial charge in [-0.1, -0.05) is 25.1 Å². The summed E-state index contributed by atoms with van der Waals surface area (Å²) in [6, 6.07) is 12.1. The summed E-state index contributed by atoms with van der Waals surface area (Å²) >= 11 is 0. The zero-order valence-corrected chi connectivity index (χ0v) is 11.5. The molecule has 2 aromatic rings. The zero-order valence-electron chi connectivity index (χ0n) is 11.5. The fourth-order valence-electron chi connectivity index (χ4n) is 1.88. The predicted octanol–water partition coefficient (Wildman–Crippen LogP) is 3.46. The summed E-state index contributed by atoms with van der Waals surface area (Å²) < 4.78 is 0. The van der Waals surface area contributed by atoms with Crippen LogP contribution in [0.5, 0.6) is 0 Å². The SMILES string of the molecule is CCCNc1ccnc(N(CC)c2ccccc2)n1. The number of anilines is 3. The van der Waals surface area contributed by atoms with Gasteiger partial charge in [0, 0.05) is 25.0 Å². The molecule has 4 heteroatoms. The van der Waals surface area contributed by atoms with Crippen LogP contribution in [0, 0.1) is 0 Å². The minimum atomic E-state index is 0.731. The van der Waals surface area contributed by atoms with Gasteiger partial charge in [-0.05, 0) is 31.5 Å². The van der Waals surface area contributed by atoms with Crippen LogP contribution in [-0.4, -0.2) is 23.1 Å². The average molecular weight is 256 g/mol. The van der Waals surface area contributed by atoms with Gasteiger partial charge in [0.15, 0.2) is 0 Å². The van der Waals surface area contributed by atoms with E-state index < -0.39 is 0 Å². The van der Waals surface area contributed by atoms with Crippen molar-refractivity contribution in [3.05, 3.63) is 42.6 Å². The van der Waals surface area contributed by atoms with Crippen LogP contribution in [0.4, 0.5) is 17.5 Å². The molecule has 100 valence electrons. The Balaban J connectivity index is 2.23. The Hall–Kier alpha value is -2.10. The molecule has 0 aliphatic heterocycles. The van der Waals surface area contributed by atoms with Crippen molar-refractivity contribution in [3.8, 4) is 0 Å².